The van der Waals surface area contributed by atoms with Gasteiger partial charge in [-0.2, -0.15) is 0 Å². The lowest BCUT2D eigenvalue weighted by molar-refractivity contribution is 0.184. The molecule has 0 saturated carbocycles. The number of hydrogen-bond acceptors (Lipinski definition) is 3. The largest absolute Gasteiger partial charge is 0.457 e. The summed E-state index contributed by atoms with van der Waals surface area (Å²) in [5.74, 6) is 0.724. The van der Waals surface area contributed by atoms with Gasteiger partial charge in [0.15, 0.2) is 0 Å². The third-order valence-corrected chi connectivity index (χ3v) is 3.18. The molecule has 0 saturated heterocycles. The molecule has 3 nitrogen and oxygen atoms in total. The molecule has 2 rings (SSSR count). The van der Waals surface area contributed by atoms with Crippen molar-refractivity contribution < 1.29 is 19.0 Å². The number of hydrogen-bond donors (Lipinski definition) is 1. The van der Waals surface area contributed by atoms with Gasteiger partial charge in [0.25, 0.3) is 0 Å². The molecule has 0 spiro atoms. The van der Waals surface area contributed by atoms with Gasteiger partial charge >= 0.3 is 0 Å². The first-order chi connectivity index (χ1) is 10.0. The standard InChI is InChI=1S/C17H19FO3/c1-11-7-17(15(12(2)19)9-16(11)18)21-14-6-4-5-13(8-14)10-20-3/h4-9,12,19H,10H2,1-3H3/t12-/m1/s1. The topological polar surface area (TPSA) is 38.7 Å². The van der Waals surface area contributed by atoms with Crippen LogP contribution in [0.4, 0.5) is 4.39 Å². The summed E-state index contributed by atoms with van der Waals surface area (Å²) in [7, 11) is 1.63. The number of methoxy groups -OCH3 is 1. The molecule has 4 heteroatoms. The van der Waals surface area contributed by atoms with Crippen LogP contribution in [0.25, 0.3) is 0 Å². The van der Waals surface area contributed by atoms with Crippen LogP contribution in [0.1, 0.15) is 29.7 Å². The van der Waals surface area contributed by atoms with E-state index < -0.39 is 6.10 Å². The average molecular weight is 290 g/mol. The summed E-state index contributed by atoms with van der Waals surface area (Å²) in [5.41, 5.74) is 1.88. The van der Waals surface area contributed by atoms with Crippen LogP contribution >= 0.6 is 0 Å². The minimum absolute atomic E-state index is 0.355. The molecule has 0 heterocycles. The Balaban J connectivity index is 2.34. The highest BCUT2D eigenvalue weighted by Gasteiger charge is 2.14. The zero-order valence-corrected chi connectivity index (χ0v) is 12.4. The van der Waals surface area contributed by atoms with E-state index in [-0.39, 0.29) is 5.82 Å². The van der Waals surface area contributed by atoms with Crippen LogP contribution in [0.2, 0.25) is 0 Å². The highest BCUT2D eigenvalue weighted by molar-refractivity contribution is 5.43. The summed E-state index contributed by atoms with van der Waals surface area (Å²) in [6.45, 7) is 3.73. The zero-order valence-electron chi connectivity index (χ0n) is 12.4. The van der Waals surface area contributed by atoms with Crippen LogP contribution < -0.4 is 4.74 Å². The van der Waals surface area contributed by atoms with Gasteiger partial charge in [0.1, 0.15) is 17.3 Å². The number of halogens is 1. The Bertz CT molecular complexity index is 623. The van der Waals surface area contributed by atoms with Crippen molar-refractivity contribution in [3.05, 3.63) is 58.9 Å². The van der Waals surface area contributed by atoms with E-state index in [0.717, 1.165) is 5.56 Å². The molecule has 1 atom stereocenters. The summed E-state index contributed by atoms with van der Waals surface area (Å²) < 4.78 is 24.5. The molecule has 0 bridgehead atoms. The van der Waals surface area contributed by atoms with Crippen molar-refractivity contribution in [2.45, 2.75) is 26.6 Å². The van der Waals surface area contributed by atoms with E-state index in [1.807, 2.05) is 24.3 Å². The van der Waals surface area contributed by atoms with Crippen molar-refractivity contribution in [1.82, 2.24) is 0 Å². The molecule has 1 N–H and O–H groups in total. The fourth-order valence-corrected chi connectivity index (χ4v) is 2.08. The molecule has 21 heavy (non-hydrogen) atoms. The monoisotopic (exact) mass is 290 g/mol. The minimum Gasteiger partial charge on any atom is -0.457 e. The Morgan fingerprint density at radius 1 is 1.24 bits per heavy atom. The minimum atomic E-state index is -0.808. The molecule has 0 unspecified atom stereocenters. The molecule has 0 aromatic heterocycles. The Kier molecular flexibility index (Phi) is 4.94. The van der Waals surface area contributed by atoms with Gasteiger partial charge in [0.05, 0.1) is 12.7 Å². The zero-order chi connectivity index (χ0) is 15.4. The average Bonchev–Trinajstić information content (AvgIpc) is 2.43. The molecule has 2 aromatic rings. The Labute approximate surface area is 124 Å². The predicted octanol–water partition coefficient (Wildman–Crippen LogP) is 4.13. The summed E-state index contributed by atoms with van der Waals surface area (Å²) in [5, 5.41) is 9.77. The second-order valence-electron chi connectivity index (χ2n) is 5.00. The molecule has 0 aliphatic rings. The fraction of sp³-hybridized carbons (Fsp3) is 0.294. The van der Waals surface area contributed by atoms with Crippen molar-refractivity contribution in [2.24, 2.45) is 0 Å². The second kappa shape index (κ2) is 6.70. The second-order valence-corrected chi connectivity index (χ2v) is 5.00. The molecule has 112 valence electrons. The van der Waals surface area contributed by atoms with Crippen molar-refractivity contribution >= 4 is 0 Å². The molecule has 0 radical (unpaired) electrons. The fourth-order valence-electron chi connectivity index (χ4n) is 2.08. The highest BCUT2D eigenvalue weighted by Crippen LogP contribution is 2.32. The summed E-state index contributed by atoms with van der Waals surface area (Å²) >= 11 is 0. The van der Waals surface area contributed by atoms with Crippen molar-refractivity contribution in [2.75, 3.05) is 7.11 Å². The van der Waals surface area contributed by atoms with Crippen molar-refractivity contribution in [1.29, 1.82) is 0 Å². The third kappa shape index (κ3) is 3.80. The highest BCUT2D eigenvalue weighted by atomic mass is 19.1. The maximum atomic E-state index is 13.6. The van der Waals surface area contributed by atoms with E-state index in [9.17, 15) is 9.50 Å². The first-order valence-electron chi connectivity index (χ1n) is 6.75. The number of aryl methyl sites for hydroxylation is 1. The number of benzene rings is 2. The first kappa shape index (κ1) is 15.5. The van der Waals surface area contributed by atoms with Crippen LogP contribution in [-0.2, 0) is 11.3 Å². The normalized spacial score (nSPS) is 12.2. The SMILES string of the molecule is COCc1cccc(Oc2cc(C)c(F)cc2[C@@H](C)O)c1. The van der Waals surface area contributed by atoms with E-state index in [1.165, 1.54) is 6.07 Å². The van der Waals surface area contributed by atoms with Crippen LogP contribution in [0, 0.1) is 12.7 Å². The van der Waals surface area contributed by atoms with Gasteiger partial charge in [0.2, 0.25) is 0 Å². The van der Waals surface area contributed by atoms with Gasteiger partial charge in [-0.05, 0) is 49.2 Å². The van der Waals surface area contributed by atoms with Crippen molar-refractivity contribution in [3.8, 4) is 11.5 Å². The third-order valence-electron chi connectivity index (χ3n) is 3.18. The van der Waals surface area contributed by atoms with Crippen molar-refractivity contribution in [3.63, 3.8) is 0 Å². The molecular formula is C17H19FO3. The number of aliphatic hydroxyl groups excluding tert-OH is 1. The quantitative estimate of drug-likeness (QED) is 0.900. The van der Waals surface area contributed by atoms with Gasteiger partial charge in [-0.1, -0.05) is 12.1 Å². The van der Waals surface area contributed by atoms with Crippen LogP contribution in [0.3, 0.4) is 0 Å². The van der Waals surface area contributed by atoms with Crippen LogP contribution in [0.5, 0.6) is 11.5 Å². The summed E-state index contributed by atoms with van der Waals surface area (Å²) in [6, 6.07) is 10.4. The van der Waals surface area contributed by atoms with Gasteiger partial charge in [-0.15, -0.1) is 0 Å². The maximum absolute atomic E-state index is 13.6. The maximum Gasteiger partial charge on any atom is 0.133 e. The molecule has 2 aromatic carbocycles. The first-order valence-corrected chi connectivity index (χ1v) is 6.75. The lowest BCUT2D eigenvalue weighted by atomic mass is 10.1. The molecule has 0 aliphatic carbocycles. The van der Waals surface area contributed by atoms with E-state index in [2.05, 4.69) is 0 Å². The predicted molar refractivity (Wildman–Crippen MR) is 79.0 cm³/mol. The van der Waals surface area contributed by atoms with Crippen LogP contribution in [-0.4, -0.2) is 12.2 Å². The van der Waals surface area contributed by atoms with Gasteiger partial charge < -0.3 is 14.6 Å². The Morgan fingerprint density at radius 2 is 2.00 bits per heavy atom. The number of ether oxygens (including phenoxy) is 2. The molecular weight excluding hydrogens is 271 g/mol. The summed E-state index contributed by atoms with van der Waals surface area (Å²) in [4.78, 5) is 0. The van der Waals surface area contributed by atoms with Gasteiger partial charge in [0, 0.05) is 12.7 Å². The Morgan fingerprint density at radius 3 is 2.67 bits per heavy atom. The van der Waals surface area contributed by atoms with Crippen LogP contribution in [0.15, 0.2) is 36.4 Å². The number of aliphatic hydroxyl groups is 1. The van der Waals surface area contributed by atoms with Gasteiger partial charge in [-0.3, -0.25) is 0 Å². The molecule has 0 fully saturated rings. The Hall–Kier alpha value is -1.91. The van der Waals surface area contributed by atoms with E-state index >= 15 is 0 Å². The number of rotatable bonds is 5. The van der Waals surface area contributed by atoms with E-state index in [0.29, 0.717) is 29.2 Å². The lowest BCUT2D eigenvalue weighted by Gasteiger charge is -2.15. The smallest absolute Gasteiger partial charge is 0.133 e. The van der Waals surface area contributed by atoms with E-state index in [1.54, 1.807) is 27.0 Å². The van der Waals surface area contributed by atoms with E-state index in [4.69, 9.17) is 9.47 Å². The summed E-state index contributed by atoms with van der Waals surface area (Å²) in [6.07, 6.45) is -0.808. The lowest BCUT2D eigenvalue weighted by Crippen LogP contribution is -1.99. The molecule has 0 amide bonds. The molecule has 0 aliphatic heterocycles. The van der Waals surface area contributed by atoms with Gasteiger partial charge in [-0.25, -0.2) is 4.39 Å².